The molecule has 2 amide bonds. The topological polar surface area (TPSA) is 94.2 Å². The number of anilines is 1. The second kappa shape index (κ2) is 10.7. The number of hydrogen-bond donors (Lipinski definition) is 1. The number of ether oxygens (including phenoxy) is 3. The van der Waals surface area contributed by atoms with Crippen molar-refractivity contribution in [3.8, 4) is 11.5 Å². The van der Waals surface area contributed by atoms with Gasteiger partial charge in [-0.1, -0.05) is 6.07 Å². The molecule has 0 unspecified atom stereocenters. The number of carbonyl (C=O) groups is 3. The zero-order valence-corrected chi connectivity index (χ0v) is 18.6. The first-order valence-electron chi connectivity index (χ1n) is 10.5. The third-order valence-electron chi connectivity index (χ3n) is 5.48. The van der Waals surface area contributed by atoms with Crippen LogP contribution in [0.25, 0.3) is 0 Å². The molecule has 32 heavy (non-hydrogen) atoms. The predicted octanol–water partition coefficient (Wildman–Crippen LogP) is 3.25. The first kappa shape index (κ1) is 23.1. The molecule has 1 fully saturated rings. The number of hydrogen-bond acceptors (Lipinski definition) is 6. The molecule has 170 valence electrons. The van der Waals surface area contributed by atoms with Gasteiger partial charge in [-0.3, -0.25) is 14.4 Å². The van der Waals surface area contributed by atoms with Gasteiger partial charge in [0.05, 0.1) is 33.8 Å². The Hall–Kier alpha value is -3.55. The van der Waals surface area contributed by atoms with Crippen molar-refractivity contribution in [3.63, 3.8) is 0 Å². The minimum absolute atomic E-state index is 0.0436. The summed E-state index contributed by atoms with van der Waals surface area (Å²) in [6.07, 6.45) is 2.38. The lowest BCUT2D eigenvalue weighted by atomic mass is 10.0. The second-order valence-electron chi connectivity index (χ2n) is 7.47. The van der Waals surface area contributed by atoms with Gasteiger partial charge in [0.1, 0.15) is 0 Å². The van der Waals surface area contributed by atoms with Crippen LogP contribution in [0.4, 0.5) is 5.69 Å². The van der Waals surface area contributed by atoms with Gasteiger partial charge in [-0.15, -0.1) is 0 Å². The third kappa shape index (κ3) is 5.38. The minimum atomic E-state index is -0.627. The van der Waals surface area contributed by atoms with Crippen LogP contribution in [0.2, 0.25) is 0 Å². The summed E-state index contributed by atoms with van der Waals surface area (Å²) in [6, 6.07) is 11.5. The molecule has 1 aliphatic rings. The maximum absolute atomic E-state index is 12.9. The van der Waals surface area contributed by atoms with Gasteiger partial charge in [0.25, 0.3) is 5.91 Å². The molecule has 8 nitrogen and oxygen atoms in total. The molecule has 2 aromatic rings. The molecule has 0 aromatic heterocycles. The molecule has 1 saturated heterocycles. The number of methoxy groups -OCH3 is 3. The summed E-state index contributed by atoms with van der Waals surface area (Å²) >= 11 is 0. The molecule has 1 N–H and O–H groups in total. The normalized spacial score (nSPS) is 14.5. The van der Waals surface area contributed by atoms with Crippen LogP contribution in [0, 0.1) is 0 Å². The molecule has 0 bridgehead atoms. The van der Waals surface area contributed by atoms with Gasteiger partial charge in [-0.2, -0.15) is 0 Å². The van der Waals surface area contributed by atoms with Crippen molar-refractivity contribution in [1.82, 2.24) is 5.32 Å². The van der Waals surface area contributed by atoms with Crippen LogP contribution in [-0.4, -0.2) is 45.7 Å². The van der Waals surface area contributed by atoms with E-state index >= 15 is 0 Å². The SMILES string of the molecule is COC(=O)C[C@@H](NC(=O)c1ccc(N2CCCCC2=O)cc1)c1ccc(OC)c(OC)c1. The fourth-order valence-electron chi connectivity index (χ4n) is 3.68. The highest BCUT2D eigenvalue weighted by atomic mass is 16.5. The van der Waals surface area contributed by atoms with Gasteiger partial charge in [0, 0.05) is 24.2 Å². The van der Waals surface area contributed by atoms with E-state index in [1.165, 1.54) is 21.3 Å². The highest BCUT2D eigenvalue weighted by Gasteiger charge is 2.23. The molecule has 0 aliphatic carbocycles. The van der Waals surface area contributed by atoms with Crippen LogP contribution in [0.15, 0.2) is 42.5 Å². The van der Waals surface area contributed by atoms with Crippen molar-refractivity contribution in [2.75, 3.05) is 32.8 Å². The fourth-order valence-corrected chi connectivity index (χ4v) is 3.68. The molecular weight excluding hydrogens is 412 g/mol. The molecule has 1 atom stereocenters. The Bertz CT molecular complexity index is 973. The van der Waals surface area contributed by atoms with Gasteiger partial charge in [0.2, 0.25) is 5.91 Å². The van der Waals surface area contributed by atoms with Crippen molar-refractivity contribution < 1.29 is 28.6 Å². The van der Waals surface area contributed by atoms with E-state index in [4.69, 9.17) is 14.2 Å². The van der Waals surface area contributed by atoms with Gasteiger partial charge in [0.15, 0.2) is 11.5 Å². The Labute approximate surface area is 187 Å². The van der Waals surface area contributed by atoms with Gasteiger partial charge < -0.3 is 24.4 Å². The summed E-state index contributed by atoms with van der Waals surface area (Å²) in [5, 5.41) is 2.89. The maximum atomic E-state index is 12.9. The number of nitrogens with zero attached hydrogens (tertiary/aromatic N) is 1. The van der Waals surface area contributed by atoms with Crippen LogP contribution < -0.4 is 19.7 Å². The smallest absolute Gasteiger partial charge is 0.307 e. The van der Waals surface area contributed by atoms with Crippen molar-refractivity contribution in [3.05, 3.63) is 53.6 Å². The summed E-state index contributed by atoms with van der Waals surface area (Å²) in [5.74, 6) is 0.334. The van der Waals surface area contributed by atoms with Crippen molar-refractivity contribution in [1.29, 1.82) is 0 Å². The van der Waals surface area contributed by atoms with Crippen LogP contribution in [0.1, 0.15) is 47.6 Å². The molecule has 1 aliphatic heterocycles. The Kier molecular flexibility index (Phi) is 7.70. The summed E-state index contributed by atoms with van der Waals surface area (Å²) in [7, 11) is 4.35. The van der Waals surface area contributed by atoms with Gasteiger partial charge >= 0.3 is 5.97 Å². The van der Waals surface area contributed by atoms with Crippen molar-refractivity contribution in [2.45, 2.75) is 31.7 Å². The van der Waals surface area contributed by atoms with Crippen LogP contribution in [0.3, 0.4) is 0 Å². The molecule has 1 heterocycles. The first-order valence-corrected chi connectivity index (χ1v) is 10.5. The summed E-state index contributed by atoms with van der Waals surface area (Å²) in [4.78, 5) is 38.8. The van der Waals surface area contributed by atoms with E-state index in [-0.39, 0.29) is 18.2 Å². The quantitative estimate of drug-likeness (QED) is 0.634. The van der Waals surface area contributed by atoms with Crippen LogP contribution >= 0.6 is 0 Å². The van der Waals surface area contributed by atoms with E-state index in [0.717, 1.165) is 18.5 Å². The second-order valence-corrected chi connectivity index (χ2v) is 7.47. The van der Waals surface area contributed by atoms with E-state index in [2.05, 4.69) is 5.32 Å². The average Bonchev–Trinajstić information content (AvgIpc) is 2.83. The number of esters is 1. The Morgan fingerprint density at radius 1 is 1.00 bits per heavy atom. The van der Waals surface area contributed by atoms with E-state index in [0.29, 0.717) is 35.6 Å². The lowest BCUT2D eigenvalue weighted by Crippen LogP contribution is -2.35. The van der Waals surface area contributed by atoms with Gasteiger partial charge in [-0.05, 0) is 54.8 Å². The number of nitrogens with one attached hydrogen (secondary N) is 1. The Morgan fingerprint density at radius 2 is 1.72 bits per heavy atom. The molecule has 2 aromatic carbocycles. The van der Waals surface area contributed by atoms with Gasteiger partial charge in [-0.25, -0.2) is 0 Å². The van der Waals surface area contributed by atoms with Crippen LogP contribution in [-0.2, 0) is 14.3 Å². The first-order chi connectivity index (χ1) is 15.5. The largest absolute Gasteiger partial charge is 0.493 e. The monoisotopic (exact) mass is 440 g/mol. The zero-order chi connectivity index (χ0) is 23.1. The average molecular weight is 440 g/mol. The summed E-state index contributed by atoms with van der Waals surface area (Å²) in [6.45, 7) is 0.685. The third-order valence-corrected chi connectivity index (χ3v) is 5.48. The number of piperidine rings is 1. The standard InChI is InChI=1S/C24H28N2O6/c1-30-20-12-9-17(14-21(20)31-2)19(15-23(28)32-3)25-24(29)16-7-10-18(11-8-16)26-13-5-4-6-22(26)27/h7-12,14,19H,4-6,13,15H2,1-3H3,(H,25,29)/t19-/m1/s1. The van der Waals surface area contributed by atoms with E-state index in [1.807, 2.05) is 0 Å². The van der Waals surface area contributed by atoms with E-state index in [1.54, 1.807) is 47.4 Å². The van der Waals surface area contributed by atoms with Crippen molar-refractivity contribution in [2.24, 2.45) is 0 Å². The zero-order valence-electron chi connectivity index (χ0n) is 18.6. The minimum Gasteiger partial charge on any atom is -0.493 e. The molecule has 0 spiro atoms. The summed E-state index contributed by atoms with van der Waals surface area (Å²) < 4.78 is 15.4. The number of rotatable bonds is 8. The van der Waals surface area contributed by atoms with Crippen LogP contribution in [0.5, 0.6) is 11.5 Å². The number of amides is 2. The molecule has 0 radical (unpaired) electrons. The Balaban J connectivity index is 1.79. The van der Waals surface area contributed by atoms with Crippen molar-refractivity contribution >= 4 is 23.5 Å². The predicted molar refractivity (Wildman–Crippen MR) is 119 cm³/mol. The maximum Gasteiger partial charge on any atom is 0.307 e. The highest BCUT2D eigenvalue weighted by molar-refractivity contribution is 5.97. The highest BCUT2D eigenvalue weighted by Crippen LogP contribution is 2.31. The molecule has 8 heteroatoms. The number of carbonyl (C=O) groups excluding carboxylic acids is 3. The van der Waals surface area contributed by atoms with E-state index < -0.39 is 12.0 Å². The Morgan fingerprint density at radius 3 is 2.34 bits per heavy atom. The lowest BCUT2D eigenvalue weighted by Gasteiger charge is -2.27. The fraction of sp³-hybridized carbons (Fsp3) is 0.375. The molecule has 3 rings (SSSR count). The van der Waals surface area contributed by atoms with E-state index in [9.17, 15) is 14.4 Å². The summed E-state index contributed by atoms with van der Waals surface area (Å²) in [5.41, 5.74) is 1.88. The molecule has 0 saturated carbocycles. The molecular formula is C24H28N2O6. The number of benzene rings is 2. The lowest BCUT2D eigenvalue weighted by molar-refractivity contribution is -0.141.